The Morgan fingerprint density at radius 1 is 0.317 bits per heavy atom. The maximum Gasteiger partial charge on any atom is 0.252 e. The Kier molecular flexibility index (Phi) is 8.87. The van der Waals surface area contributed by atoms with Gasteiger partial charge in [-0.15, -0.1) is 0 Å². The summed E-state index contributed by atoms with van der Waals surface area (Å²) >= 11 is 0. The van der Waals surface area contributed by atoms with Crippen molar-refractivity contribution in [3.8, 4) is 55.6 Å². The second-order valence-electron chi connectivity index (χ2n) is 16.3. The molecule has 0 bridgehead atoms. The fourth-order valence-corrected chi connectivity index (χ4v) is 9.90. The van der Waals surface area contributed by atoms with Crippen molar-refractivity contribution in [3.05, 3.63) is 249 Å². The van der Waals surface area contributed by atoms with E-state index in [1.165, 1.54) is 78.1 Å². The van der Waals surface area contributed by atoms with Crippen molar-refractivity contribution in [3.63, 3.8) is 0 Å². The molecular weight excluding hydrogens is 759 g/mol. The number of nitrogens with zero attached hydrogens (tertiary/aromatic N) is 2. The summed E-state index contributed by atoms with van der Waals surface area (Å²) in [6.07, 6.45) is 0. The molecule has 0 spiro atoms. The highest BCUT2D eigenvalue weighted by atomic mass is 15.2. The molecule has 2 nitrogen and oxygen atoms in total. The lowest BCUT2D eigenvalue weighted by Crippen LogP contribution is -2.61. The quantitative estimate of drug-likeness (QED) is 0.148. The van der Waals surface area contributed by atoms with Crippen LogP contribution in [0.15, 0.2) is 237 Å². The third kappa shape index (κ3) is 6.23. The highest BCUT2D eigenvalue weighted by Crippen LogP contribution is 2.50. The zero-order valence-electron chi connectivity index (χ0n) is 34.5. The molecule has 10 aromatic rings. The second kappa shape index (κ2) is 15.3. The highest BCUT2D eigenvalue weighted by molar-refractivity contribution is 7.00. The molecule has 0 saturated heterocycles. The molecule has 63 heavy (non-hydrogen) atoms. The van der Waals surface area contributed by atoms with Crippen molar-refractivity contribution in [1.82, 2.24) is 0 Å². The predicted octanol–water partition coefficient (Wildman–Crippen LogP) is 13.7. The predicted molar refractivity (Wildman–Crippen MR) is 265 cm³/mol. The summed E-state index contributed by atoms with van der Waals surface area (Å²) in [5.74, 6) is 0. The zero-order chi connectivity index (χ0) is 41.7. The number of hydrogen-bond acceptors (Lipinski definition) is 2. The van der Waals surface area contributed by atoms with E-state index in [1.54, 1.807) is 0 Å². The zero-order valence-corrected chi connectivity index (χ0v) is 34.5. The topological polar surface area (TPSA) is 6.48 Å². The molecule has 2 heterocycles. The van der Waals surface area contributed by atoms with E-state index in [4.69, 9.17) is 0 Å². The van der Waals surface area contributed by atoms with E-state index in [9.17, 15) is 0 Å². The Labute approximate surface area is 369 Å². The van der Waals surface area contributed by atoms with Gasteiger partial charge in [-0.3, -0.25) is 0 Å². The van der Waals surface area contributed by atoms with Gasteiger partial charge in [-0.2, -0.15) is 0 Å². The van der Waals surface area contributed by atoms with E-state index in [2.05, 4.69) is 246 Å². The Bertz CT molecular complexity index is 3260. The summed E-state index contributed by atoms with van der Waals surface area (Å²) in [7, 11) is 0. The summed E-state index contributed by atoms with van der Waals surface area (Å²) in [4.78, 5) is 5.09. The van der Waals surface area contributed by atoms with Crippen LogP contribution in [0.2, 0.25) is 0 Å². The lowest BCUT2D eigenvalue weighted by molar-refractivity contribution is 1.25. The number of anilines is 6. The molecule has 0 saturated carbocycles. The van der Waals surface area contributed by atoms with E-state index in [1.807, 2.05) is 12.1 Å². The van der Waals surface area contributed by atoms with Gasteiger partial charge in [0.05, 0.1) is 5.69 Å². The minimum atomic E-state index is -0.0658. The molecule has 292 valence electrons. The molecule has 2 aliphatic rings. The minimum Gasteiger partial charge on any atom is -0.311 e. The maximum absolute atomic E-state index is 3.15. The van der Waals surface area contributed by atoms with Gasteiger partial charge in [-0.1, -0.05) is 194 Å². The summed E-state index contributed by atoms with van der Waals surface area (Å²) in [5.41, 5.74) is 22.5. The number of hydrogen-bond donors (Lipinski definition) is 0. The molecule has 2 aliphatic heterocycles. The van der Waals surface area contributed by atoms with Crippen LogP contribution in [0.1, 0.15) is 0 Å². The first-order valence-corrected chi connectivity index (χ1v) is 21.6. The molecule has 0 unspecified atom stereocenters. The SMILES string of the molecule is c1ccc(-c2ccc(N3c4cc(-c5ccccc5)cc5c4B(c4cc(-c6ccccc6)ccc4N5c4ccccc4-c4ccccc4)c4cccc(-c5ccccc5)c43)cc2)cc#1. The lowest BCUT2D eigenvalue weighted by atomic mass is 9.33. The van der Waals surface area contributed by atoms with Crippen LogP contribution in [0, 0.1) is 12.1 Å². The van der Waals surface area contributed by atoms with Crippen molar-refractivity contribution in [2.45, 2.75) is 0 Å². The molecule has 0 radical (unpaired) electrons. The average molecular weight is 799 g/mol. The van der Waals surface area contributed by atoms with Crippen LogP contribution < -0.4 is 26.2 Å². The first kappa shape index (κ1) is 36.5. The van der Waals surface area contributed by atoms with Crippen LogP contribution in [0.25, 0.3) is 55.6 Å². The van der Waals surface area contributed by atoms with Crippen molar-refractivity contribution in [2.24, 2.45) is 0 Å². The molecule has 0 N–H and O–H groups in total. The summed E-state index contributed by atoms with van der Waals surface area (Å²) in [5, 5.41) is 0. The first-order chi connectivity index (χ1) is 31.3. The van der Waals surface area contributed by atoms with E-state index in [0.717, 1.165) is 28.1 Å². The van der Waals surface area contributed by atoms with Gasteiger partial charge in [0, 0.05) is 39.6 Å². The lowest BCUT2D eigenvalue weighted by Gasteiger charge is -2.45. The van der Waals surface area contributed by atoms with Gasteiger partial charge in [0.2, 0.25) is 0 Å². The molecule has 0 amide bonds. The molecule has 3 heteroatoms. The van der Waals surface area contributed by atoms with Crippen LogP contribution >= 0.6 is 0 Å². The normalized spacial score (nSPS) is 12.2. The summed E-state index contributed by atoms with van der Waals surface area (Å²) in [6, 6.07) is 92.5. The number of rotatable bonds is 7. The highest BCUT2D eigenvalue weighted by Gasteiger charge is 2.45. The molecule has 0 atom stereocenters. The Morgan fingerprint density at radius 3 is 1.54 bits per heavy atom. The van der Waals surface area contributed by atoms with Gasteiger partial charge in [0.25, 0.3) is 6.71 Å². The van der Waals surface area contributed by atoms with Crippen LogP contribution in [-0.2, 0) is 0 Å². The third-order valence-corrected chi connectivity index (χ3v) is 12.7. The van der Waals surface area contributed by atoms with Crippen LogP contribution in [0.5, 0.6) is 0 Å². The fraction of sp³-hybridized carbons (Fsp3) is 0. The molecule has 10 aromatic carbocycles. The van der Waals surface area contributed by atoms with Gasteiger partial charge in [0.15, 0.2) is 0 Å². The van der Waals surface area contributed by atoms with E-state index >= 15 is 0 Å². The van der Waals surface area contributed by atoms with Crippen molar-refractivity contribution in [1.29, 1.82) is 0 Å². The smallest absolute Gasteiger partial charge is 0.252 e. The van der Waals surface area contributed by atoms with Gasteiger partial charge in [0.1, 0.15) is 0 Å². The summed E-state index contributed by atoms with van der Waals surface area (Å²) < 4.78 is 0. The second-order valence-corrected chi connectivity index (χ2v) is 16.3. The van der Waals surface area contributed by atoms with Crippen molar-refractivity contribution >= 4 is 57.2 Å². The number of fused-ring (bicyclic) bond motifs is 4. The van der Waals surface area contributed by atoms with Gasteiger partial charge in [-0.25, -0.2) is 0 Å². The van der Waals surface area contributed by atoms with Crippen molar-refractivity contribution < 1.29 is 0 Å². The van der Waals surface area contributed by atoms with Crippen LogP contribution in [-0.4, -0.2) is 6.71 Å². The van der Waals surface area contributed by atoms with Gasteiger partial charge < -0.3 is 9.80 Å². The third-order valence-electron chi connectivity index (χ3n) is 12.7. The Balaban J connectivity index is 1.20. The first-order valence-electron chi connectivity index (χ1n) is 21.6. The standard InChI is InChI=1S/C60H39BN2/c1-6-19-42(20-7-1)45-33-36-50(37-34-45)62-57-40-49(44-23-10-3-11-24-44)41-58-59(57)61(53-31-18-30-52(60(53)62)47-27-14-5-15-28-47)54-39-48(43-21-8-2-9-22-43)35-38-56(54)63(58)55-32-17-16-29-51(55)46-25-12-4-13-26-46/h2-6,8-41H. The Hall–Kier alpha value is -8.32. The molecule has 12 rings (SSSR count). The Morgan fingerprint density at radius 2 is 0.873 bits per heavy atom. The van der Waals surface area contributed by atoms with Crippen LogP contribution in [0.4, 0.5) is 34.1 Å². The largest absolute Gasteiger partial charge is 0.311 e. The van der Waals surface area contributed by atoms with E-state index in [0.29, 0.717) is 0 Å². The van der Waals surface area contributed by atoms with Crippen molar-refractivity contribution in [2.75, 3.05) is 9.80 Å². The van der Waals surface area contributed by atoms with Gasteiger partial charge >= 0.3 is 0 Å². The maximum atomic E-state index is 3.15. The minimum absolute atomic E-state index is 0.0658. The van der Waals surface area contributed by atoms with Gasteiger partial charge in [-0.05, 0) is 115 Å². The number of benzene rings is 9. The molecule has 0 aromatic heterocycles. The monoisotopic (exact) mass is 798 g/mol. The van der Waals surface area contributed by atoms with E-state index in [-0.39, 0.29) is 6.71 Å². The summed E-state index contributed by atoms with van der Waals surface area (Å²) in [6.45, 7) is -0.0658. The van der Waals surface area contributed by atoms with Crippen LogP contribution in [0.3, 0.4) is 0 Å². The molecule has 0 aliphatic carbocycles. The number of para-hydroxylation sites is 2. The molecule has 0 fully saturated rings. The molecular formula is C60H39BN2. The fourth-order valence-electron chi connectivity index (χ4n) is 9.90. The van der Waals surface area contributed by atoms with E-state index < -0.39 is 0 Å². The average Bonchev–Trinajstić information content (AvgIpc) is 3.37.